The average Bonchev–Trinajstić information content (AvgIpc) is 2.45. The van der Waals surface area contributed by atoms with Crippen molar-refractivity contribution in [2.45, 2.75) is 18.7 Å². The molecule has 0 fully saturated rings. The van der Waals surface area contributed by atoms with Gasteiger partial charge in [-0.15, -0.1) is 0 Å². The zero-order valence-electron chi connectivity index (χ0n) is 12.1. The highest BCUT2D eigenvalue weighted by molar-refractivity contribution is 7.89. The molecule has 0 unspecified atom stereocenters. The minimum atomic E-state index is -3.77. The summed E-state index contributed by atoms with van der Waals surface area (Å²) in [6.07, 6.45) is 0. The first-order chi connectivity index (χ1) is 10.3. The summed E-state index contributed by atoms with van der Waals surface area (Å²) in [5.74, 6) is -0.273. The van der Waals surface area contributed by atoms with Gasteiger partial charge in [0.25, 0.3) is 10.0 Å². The second-order valence-electron chi connectivity index (χ2n) is 4.81. The maximum Gasteiger partial charge on any atom is 0.276 e. The SMILES string of the molecule is CC(=NNS(=O)(=O)c1ccc(C)cc1)c1ccc(O)cc1O. The third-order valence-electron chi connectivity index (χ3n) is 3.04. The summed E-state index contributed by atoms with van der Waals surface area (Å²) in [5, 5.41) is 22.8. The van der Waals surface area contributed by atoms with Gasteiger partial charge in [-0.25, -0.2) is 0 Å². The molecular weight excluding hydrogens is 304 g/mol. The smallest absolute Gasteiger partial charge is 0.276 e. The van der Waals surface area contributed by atoms with Crippen LogP contribution in [0.1, 0.15) is 18.1 Å². The Morgan fingerprint density at radius 1 is 1.09 bits per heavy atom. The normalized spacial score (nSPS) is 12.2. The van der Waals surface area contributed by atoms with Gasteiger partial charge < -0.3 is 10.2 Å². The molecule has 0 aliphatic carbocycles. The molecule has 0 saturated heterocycles. The quantitative estimate of drug-likeness (QED) is 0.593. The predicted molar refractivity (Wildman–Crippen MR) is 83.5 cm³/mol. The summed E-state index contributed by atoms with van der Waals surface area (Å²) in [4.78, 5) is 2.22. The maximum absolute atomic E-state index is 12.1. The molecule has 22 heavy (non-hydrogen) atoms. The lowest BCUT2D eigenvalue weighted by Gasteiger charge is -2.07. The number of rotatable bonds is 4. The molecule has 0 aliphatic heterocycles. The van der Waals surface area contributed by atoms with Crippen molar-refractivity contribution in [3.8, 4) is 11.5 Å². The lowest BCUT2D eigenvalue weighted by molar-refractivity contribution is 0.450. The van der Waals surface area contributed by atoms with Crippen molar-refractivity contribution in [3.63, 3.8) is 0 Å². The van der Waals surface area contributed by atoms with E-state index < -0.39 is 10.0 Å². The fourth-order valence-electron chi connectivity index (χ4n) is 1.78. The standard InChI is InChI=1S/C15H16N2O4S/c1-10-3-6-13(7-4-10)22(20,21)17-16-11(2)14-8-5-12(18)9-15(14)19/h3-9,17-19H,1-2H3. The van der Waals surface area contributed by atoms with Gasteiger partial charge in [0.05, 0.1) is 10.6 Å². The van der Waals surface area contributed by atoms with E-state index in [-0.39, 0.29) is 22.1 Å². The number of nitrogens with one attached hydrogen (secondary N) is 1. The maximum atomic E-state index is 12.1. The summed E-state index contributed by atoms with van der Waals surface area (Å²) in [6, 6.07) is 10.3. The monoisotopic (exact) mass is 320 g/mol. The van der Waals surface area contributed by atoms with Crippen LogP contribution < -0.4 is 4.83 Å². The van der Waals surface area contributed by atoms with Crippen LogP contribution in [0.3, 0.4) is 0 Å². The number of phenolic OH excluding ortho intramolecular Hbond substituents is 2. The molecule has 0 atom stereocenters. The Balaban J connectivity index is 2.24. The molecular formula is C15H16N2O4S. The molecule has 6 nitrogen and oxygen atoms in total. The molecule has 0 heterocycles. The van der Waals surface area contributed by atoms with Crippen molar-refractivity contribution in [1.29, 1.82) is 0 Å². The number of nitrogens with zero attached hydrogens (tertiary/aromatic N) is 1. The van der Waals surface area contributed by atoms with Crippen molar-refractivity contribution in [2.24, 2.45) is 5.10 Å². The third-order valence-corrected chi connectivity index (χ3v) is 4.26. The first kappa shape index (κ1) is 15.8. The number of hydrazone groups is 1. The number of aryl methyl sites for hydroxylation is 1. The Bertz CT molecular complexity index is 812. The summed E-state index contributed by atoms with van der Waals surface area (Å²) in [5.41, 5.74) is 1.55. The van der Waals surface area contributed by atoms with E-state index in [0.29, 0.717) is 5.56 Å². The van der Waals surface area contributed by atoms with Gasteiger partial charge in [0.2, 0.25) is 0 Å². The van der Waals surface area contributed by atoms with Crippen LogP contribution in [-0.2, 0) is 10.0 Å². The van der Waals surface area contributed by atoms with Gasteiger partial charge in [-0.2, -0.15) is 18.4 Å². The summed E-state index contributed by atoms with van der Waals surface area (Å²) >= 11 is 0. The molecule has 0 radical (unpaired) electrons. The Hall–Kier alpha value is -2.54. The minimum Gasteiger partial charge on any atom is -0.508 e. The van der Waals surface area contributed by atoms with E-state index in [2.05, 4.69) is 9.93 Å². The third kappa shape index (κ3) is 3.56. The molecule has 0 aliphatic rings. The van der Waals surface area contributed by atoms with Crippen LogP contribution in [0.25, 0.3) is 0 Å². The fraction of sp³-hybridized carbons (Fsp3) is 0.133. The molecule has 3 N–H and O–H groups in total. The van der Waals surface area contributed by atoms with E-state index in [1.165, 1.54) is 24.3 Å². The Kier molecular flexibility index (Phi) is 4.37. The van der Waals surface area contributed by atoms with Gasteiger partial charge in [-0.3, -0.25) is 0 Å². The molecule has 2 aromatic carbocycles. The van der Waals surface area contributed by atoms with E-state index in [1.807, 2.05) is 6.92 Å². The van der Waals surface area contributed by atoms with Gasteiger partial charge in [0, 0.05) is 11.6 Å². The van der Waals surface area contributed by atoms with E-state index in [0.717, 1.165) is 11.6 Å². The van der Waals surface area contributed by atoms with Crippen molar-refractivity contribution in [3.05, 3.63) is 53.6 Å². The van der Waals surface area contributed by atoms with E-state index in [9.17, 15) is 18.6 Å². The summed E-state index contributed by atoms with van der Waals surface area (Å²) in [6.45, 7) is 3.41. The van der Waals surface area contributed by atoms with Crippen LogP contribution in [0.15, 0.2) is 52.5 Å². The highest BCUT2D eigenvalue weighted by Gasteiger charge is 2.13. The van der Waals surface area contributed by atoms with Crippen LogP contribution in [0, 0.1) is 6.92 Å². The lowest BCUT2D eigenvalue weighted by Crippen LogP contribution is -2.20. The predicted octanol–water partition coefficient (Wildman–Crippen LogP) is 2.11. The topological polar surface area (TPSA) is 99.0 Å². The fourth-order valence-corrected chi connectivity index (χ4v) is 2.64. The van der Waals surface area contributed by atoms with Crippen LogP contribution in [-0.4, -0.2) is 24.3 Å². The summed E-state index contributed by atoms with van der Waals surface area (Å²) in [7, 11) is -3.77. The number of hydrogen-bond acceptors (Lipinski definition) is 5. The van der Waals surface area contributed by atoms with Gasteiger partial charge in [0.15, 0.2) is 0 Å². The number of sulfonamides is 1. The lowest BCUT2D eigenvalue weighted by atomic mass is 10.1. The Labute approximate surface area is 128 Å². The number of benzene rings is 2. The number of phenols is 2. The van der Waals surface area contributed by atoms with Gasteiger partial charge >= 0.3 is 0 Å². The minimum absolute atomic E-state index is 0.0886. The molecule has 116 valence electrons. The zero-order chi connectivity index (χ0) is 16.3. The van der Waals surface area contributed by atoms with Crippen LogP contribution >= 0.6 is 0 Å². The highest BCUT2D eigenvalue weighted by atomic mass is 32.2. The highest BCUT2D eigenvalue weighted by Crippen LogP contribution is 2.23. The van der Waals surface area contributed by atoms with Crippen LogP contribution in [0.5, 0.6) is 11.5 Å². The summed E-state index contributed by atoms with van der Waals surface area (Å²) < 4.78 is 24.2. The number of hydrogen-bond donors (Lipinski definition) is 3. The second kappa shape index (κ2) is 6.07. The molecule has 0 bridgehead atoms. The Morgan fingerprint density at radius 3 is 2.32 bits per heavy atom. The molecule has 0 spiro atoms. The molecule has 7 heteroatoms. The first-order valence-corrected chi connectivity index (χ1v) is 7.93. The van der Waals surface area contributed by atoms with Crippen molar-refractivity contribution in [2.75, 3.05) is 0 Å². The molecule has 0 aromatic heterocycles. The van der Waals surface area contributed by atoms with Crippen molar-refractivity contribution < 1.29 is 18.6 Å². The average molecular weight is 320 g/mol. The second-order valence-corrected chi connectivity index (χ2v) is 6.47. The van der Waals surface area contributed by atoms with E-state index >= 15 is 0 Å². The first-order valence-electron chi connectivity index (χ1n) is 6.45. The van der Waals surface area contributed by atoms with Gasteiger partial charge in [-0.05, 0) is 38.1 Å². The molecule has 0 amide bonds. The van der Waals surface area contributed by atoms with Crippen molar-refractivity contribution >= 4 is 15.7 Å². The van der Waals surface area contributed by atoms with Crippen LogP contribution in [0.2, 0.25) is 0 Å². The molecule has 0 saturated carbocycles. The van der Waals surface area contributed by atoms with Crippen molar-refractivity contribution in [1.82, 2.24) is 4.83 Å². The molecule has 2 rings (SSSR count). The zero-order valence-corrected chi connectivity index (χ0v) is 12.9. The Morgan fingerprint density at radius 2 is 1.73 bits per heavy atom. The molecule has 2 aromatic rings. The van der Waals surface area contributed by atoms with E-state index in [1.54, 1.807) is 19.1 Å². The largest absolute Gasteiger partial charge is 0.508 e. The van der Waals surface area contributed by atoms with Crippen LogP contribution in [0.4, 0.5) is 0 Å². The number of aromatic hydroxyl groups is 2. The van der Waals surface area contributed by atoms with E-state index in [4.69, 9.17) is 0 Å². The van der Waals surface area contributed by atoms with Gasteiger partial charge in [-0.1, -0.05) is 17.7 Å². The van der Waals surface area contributed by atoms with Gasteiger partial charge in [0.1, 0.15) is 11.5 Å².